The molecule has 0 aliphatic carbocycles. The van der Waals surface area contributed by atoms with Crippen LogP contribution in [-0.2, 0) is 10.0 Å². The van der Waals surface area contributed by atoms with Crippen molar-refractivity contribution in [3.8, 4) is 0 Å². The molecular weight excluding hydrogens is 274 g/mol. The number of hydrogen-bond acceptors (Lipinski definition) is 4. The summed E-state index contributed by atoms with van der Waals surface area (Å²) in [6, 6.07) is 3.23. The van der Waals surface area contributed by atoms with Crippen molar-refractivity contribution in [1.29, 1.82) is 0 Å². The van der Waals surface area contributed by atoms with Gasteiger partial charge in [-0.3, -0.25) is 4.98 Å². The Morgan fingerprint density at radius 2 is 2.28 bits per heavy atom. The first-order valence-electron chi connectivity index (χ1n) is 5.67. The Morgan fingerprint density at radius 1 is 1.56 bits per heavy atom. The largest absolute Gasteiger partial charge is 0.328 e. The molecule has 1 aliphatic heterocycles. The zero-order valence-electron chi connectivity index (χ0n) is 10.2. The fraction of sp³-hybridized carbons (Fsp3) is 0.545. The molecule has 2 unspecified atom stereocenters. The average molecular weight is 292 g/mol. The van der Waals surface area contributed by atoms with Gasteiger partial charge in [0.25, 0.3) is 0 Å². The number of hydrogen-bond donors (Lipinski definition) is 1. The molecule has 1 aliphatic rings. The molecule has 0 aromatic carbocycles. The molecule has 2 atom stereocenters. The number of halogens is 1. The van der Waals surface area contributed by atoms with Gasteiger partial charge in [0.05, 0.1) is 0 Å². The lowest BCUT2D eigenvalue weighted by Crippen LogP contribution is -2.33. The van der Waals surface area contributed by atoms with E-state index in [1.807, 2.05) is 6.92 Å². The molecule has 0 amide bonds. The van der Waals surface area contributed by atoms with Crippen molar-refractivity contribution in [2.24, 2.45) is 11.7 Å². The first-order chi connectivity index (χ1) is 8.01. The standard InChI is InChI=1S/C11H17N3O2S.ClH/c1-9(12)10-4-6-14(8-10)17(15,16)11-3-2-5-13-7-11;/h2-3,5,7,9-10H,4,6,8,12H2,1H3;1H. The third-order valence-electron chi connectivity index (χ3n) is 3.20. The predicted molar refractivity (Wildman–Crippen MR) is 72.0 cm³/mol. The summed E-state index contributed by atoms with van der Waals surface area (Å²) in [5.74, 6) is 0.251. The van der Waals surface area contributed by atoms with E-state index in [9.17, 15) is 8.42 Å². The molecule has 0 radical (unpaired) electrons. The van der Waals surface area contributed by atoms with Crippen LogP contribution in [-0.4, -0.2) is 36.8 Å². The molecule has 2 rings (SSSR count). The van der Waals surface area contributed by atoms with Gasteiger partial charge in [-0.2, -0.15) is 4.31 Å². The van der Waals surface area contributed by atoms with E-state index in [4.69, 9.17) is 5.73 Å². The predicted octanol–water partition coefficient (Wildman–Crippen LogP) is 0.861. The van der Waals surface area contributed by atoms with E-state index in [1.165, 1.54) is 10.5 Å². The van der Waals surface area contributed by atoms with E-state index in [0.717, 1.165) is 6.42 Å². The molecule has 0 bridgehead atoms. The van der Waals surface area contributed by atoms with Crippen LogP contribution in [0.2, 0.25) is 0 Å². The smallest absolute Gasteiger partial charge is 0.244 e. The summed E-state index contributed by atoms with van der Waals surface area (Å²) in [6.45, 7) is 2.98. The Labute approximate surface area is 114 Å². The van der Waals surface area contributed by atoms with Crippen molar-refractivity contribution in [2.75, 3.05) is 13.1 Å². The van der Waals surface area contributed by atoms with Crippen LogP contribution in [0.4, 0.5) is 0 Å². The van der Waals surface area contributed by atoms with Crippen LogP contribution in [0.5, 0.6) is 0 Å². The highest BCUT2D eigenvalue weighted by Gasteiger charge is 2.33. The summed E-state index contributed by atoms with van der Waals surface area (Å²) < 4.78 is 26.0. The zero-order valence-corrected chi connectivity index (χ0v) is 11.8. The van der Waals surface area contributed by atoms with Gasteiger partial charge < -0.3 is 5.73 Å². The summed E-state index contributed by atoms with van der Waals surface area (Å²) in [7, 11) is -3.39. The molecule has 1 saturated heterocycles. The second kappa shape index (κ2) is 5.97. The lowest BCUT2D eigenvalue weighted by molar-refractivity contribution is 0.429. The van der Waals surface area contributed by atoms with Gasteiger partial charge >= 0.3 is 0 Å². The SMILES string of the molecule is CC(N)C1CCN(S(=O)(=O)c2cccnc2)C1.Cl. The molecule has 2 heterocycles. The van der Waals surface area contributed by atoms with E-state index in [2.05, 4.69) is 4.98 Å². The van der Waals surface area contributed by atoms with Gasteiger partial charge in [-0.1, -0.05) is 0 Å². The summed E-state index contributed by atoms with van der Waals surface area (Å²) >= 11 is 0. The Hall–Kier alpha value is -0.690. The third-order valence-corrected chi connectivity index (χ3v) is 5.05. The third kappa shape index (κ3) is 3.00. The highest BCUT2D eigenvalue weighted by atomic mass is 35.5. The molecule has 7 heteroatoms. The van der Waals surface area contributed by atoms with E-state index >= 15 is 0 Å². The van der Waals surface area contributed by atoms with E-state index in [1.54, 1.807) is 18.3 Å². The van der Waals surface area contributed by atoms with Gasteiger partial charge in [0, 0.05) is 31.5 Å². The van der Waals surface area contributed by atoms with Crippen molar-refractivity contribution >= 4 is 22.4 Å². The molecular formula is C11H18ClN3O2S. The van der Waals surface area contributed by atoms with Crippen molar-refractivity contribution in [1.82, 2.24) is 9.29 Å². The highest BCUT2D eigenvalue weighted by Crippen LogP contribution is 2.25. The Kier molecular flexibility index (Phi) is 5.10. The minimum atomic E-state index is -3.39. The summed E-state index contributed by atoms with van der Waals surface area (Å²) in [5.41, 5.74) is 5.81. The summed E-state index contributed by atoms with van der Waals surface area (Å²) in [6.07, 6.45) is 3.78. The molecule has 5 nitrogen and oxygen atoms in total. The Bertz CT molecular complexity index is 478. The van der Waals surface area contributed by atoms with Crippen LogP contribution < -0.4 is 5.73 Å². The summed E-state index contributed by atoms with van der Waals surface area (Å²) in [4.78, 5) is 4.10. The lowest BCUT2D eigenvalue weighted by atomic mass is 10.0. The number of nitrogens with zero attached hydrogens (tertiary/aromatic N) is 2. The van der Waals surface area contributed by atoms with Crippen LogP contribution in [0, 0.1) is 5.92 Å². The molecule has 0 saturated carbocycles. The van der Waals surface area contributed by atoms with Crippen molar-refractivity contribution < 1.29 is 8.42 Å². The monoisotopic (exact) mass is 291 g/mol. The van der Waals surface area contributed by atoms with Gasteiger partial charge in [0.1, 0.15) is 4.90 Å². The van der Waals surface area contributed by atoms with Crippen LogP contribution in [0.25, 0.3) is 0 Å². The van der Waals surface area contributed by atoms with Gasteiger partial charge in [0.15, 0.2) is 0 Å². The normalized spacial score (nSPS) is 22.4. The van der Waals surface area contributed by atoms with Crippen LogP contribution in [0.3, 0.4) is 0 Å². The number of aromatic nitrogens is 1. The molecule has 18 heavy (non-hydrogen) atoms. The number of pyridine rings is 1. The number of nitrogens with two attached hydrogens (primary N) is 1. The zero-order chi connectivity index (χ0) is 12.5. The topological polar surface area (TPSA) is 76.3 Å². The minimum absolute atomic E-state index is 0. The second-order valence-corrected chi connectivity index (χ2v) is 6.40. The fourth-order valence-corrected chi connectivity index (χ4v) is 3.53. The van der Waals surface area contributed by atoms with E-state index in [-0.39, 0.29) is 29.3 Å². The quantitative estimate of drug-likeness (QED) is 0.896. The van der Waals surface area contributed by atoms with E-state index in [0.29, 0.717) is 13.1 Å². The highest BCUT2D eigenvalue weighted by molar-refractivity contribution is 7.89. The van der Waals surface area contributed by atoms with Gasteiger partial charge in [-0.25, -0.2) is 8.42 Å². The van der Waals surface area contributed by atoms with Gasteiger partial charge in [-0.05, 0) is 31.4 Å². The van der Waals surface area contributed by atoms with Gasteiger partial charge in [0.2, 0.25) is 10.0 Å². The number of sulfonamides is 1. The maximum atomic E-state index is 12.2. The maximum Gasteiger partial charge on any atom is 0.244 e. The van der Waals surface area contributed by atoms with Crippen LogP contribution in [0.1, 0.15) is 13.3 Å². The minimum Gasteiger partial charge on any atom is -0.328 e. The van der Waals surface area contributed by atoms with Crippen LogP contribution >= 0.6 is 12.4 Å². The summed E-state index contributed by atoms with van der Waals surface area (Å²) in [5, 5.41) is 0. The fourth-order valence-electron chi connectivity index (χ4n) is 2.05. The molecule has 102 valence electrons. The second-order valence-electron chi connectivity index (χ2n) is 4.46. The van der Waals surface area contributed by atoms with Crippen molar-refractivity contribution in [3.05, 3.63) is 24.5 Å². The lowest BCUT2D eigenvalue weighted by Gasteiger charge is -2.17. The molecule has 2 N–H and O–H groups in total. The van der Waals surface area contributed by atoms with Crippen LogP contribution in [0.15, 0.2) is 29.4 Å². The van der Waals surface area contributed by atoms with Crippen molar-refractivity contribution in [3.63, 3.8) is 0 Å². The Morgan fingerprint density at radius 3 is 2.78 bits per heavy atom. The molecule has 1 fully saturated rings. The van der Waals surface area contributed by atoms with Gasteiger partial charge in [-0.15, -0.1) is 12.4 Å². The maximum absolute atomic E-state index is 12.2. The van der Waals surface area contributed by atoms with E-state index < -0.39 is 10.0 Å². The Balaban J connectivity index is 0.00000162. The van der Waals surface area contributed by atoms with Crippen molar-refractivity contribution in [2.45, 2.75) is 24.3 Å². The number of rotatable bonds is 3. The molecule has 0 spiro atoms. The first-order valence-corrected chi connectivity index (χ1v) is 7.11. The average Bonchev–Trinajstić information content (AvgIpc) is 2.80. The molecule has 1 aromatic rings. The molecule has 1 aromatic heterocycles. The first kappa shape index (κ1) is 15.4.